The van der Waals surface area contributed by atoms with E-state index < -0.39 is 11.8 Å². The van der Waals surface area contributed by atoms with E-state index in [-0.39, 0.29) is 5.02 Å². The molecule has 1 aromatic heterocycles. The molecule has 0 saturated heterocycles. The molecule has 7 heteroatoms. The fourth-order valence-electron chi connectivity index (χ4n) is 2.83. The van der Waals surface area contributed by atoms with Gasteiger partial charge in [0.2, 0.25) is 5.89 Å². The minimum absolute atomic E-state index is 0.0619. The number of aromatic nitrogens is 1. The molecule has 0 aliphatic carbocycles. The molecule has 4 aromatic rings. The van der Waals surface area contributed by atoms with Gasteiger partial charge in [0.15, 0.2) is 0 Å². The van der Waals surface area contributed by atoms with E-state index in [0.717, 1.165) is 16.8 Å². The summed E-state index contributed by atoms with van der Waals surface area (Å²) in [5, 5.41) is 5.24. The van der Waals surface area contributed by atoms with Crippen LogP contribution in [0.4, 0.5) is 20.6 Å². The molecule has 0 spiro atoms. The normalized spacial score (nSPS) is 10.6. The number of carbonyl (C=O) groups is 1. The van der Waals surface area contributed by atoms with Gasteiger partial charge in [0.25, 0.3) is 0 Å². The molecule has 0 bridgehead atoms. The molecular formula is C23H17ClFN3O2. The van der Waals surface area contributed by atoms with E-state index in [1.165, 1.54) is 23.8 Å². The SMILES string of the molecule is Cc1ccc(-c2coc(-c3ccc(NC(=O)Nc4ccc(F)c(Cl)c4)cc3)n2)cc1. The topological polar surface area (TPSA) is 67.2 Å². The minimum atomic E-state index is -0.546. The van der Waals surface area contributed by atoms with Crippen molar-refractivity contribution in [3.63, 3.8) is 0 Å². The van der Waals surface area contributed by atoms with E-state index in [1.54, 1.807) is 30.5 Å². The first kappa shape index (κ1) is 19.7. The highest BCUT2D eigenvalue weighted by molar-refractivity contribution is 6.31. The van der Waals surface area contributed by atoms with Crippen LogP contribution < -0.4 is 10.6 Å². The van der Waals surface area contributed by atoms with Crippen LogP contribution in [0.5, 0.6) is 0 Å². The predicted octanol–water partition coefficient (Wildman–Crippen LogP) is 6.75. The van der Waals surface area contributed by atoms with E-state index in [0.29, 0.717) is 17.3 Å². The highest BCUT2D eigenvalue weighted by Crippen LogP contribution is 2.26. The summed E-state index contributed by atoms with van der Waals surface area (Å²) in [4.78, 5) is 16.7. The van der Waals surface area contributed by atoms with Gasteiger partial charge in [0.05, 0.1) is 5.02 Å². The van der Waals surface area contributed by atoms with Gasteiger partial charge >= 0.3 is 6.03 Å². The van der Waals surface area contributed by atoms with E-state index in [1.807, 2.05) is 31.2 Å². The monoisotopic (exact) mass is 421 g/mol. The van der Waals surface area contributed by atoms with E-state index in [4.69, 9.17) is 16.0 Å². The number of anilines is 2. The van der Waals surface area contributed by atoms with Crippen molar-refractivity contribution >= 4 is 29.0 Å². The third-order valence-corrected chi connectivity index (χ3v) is 4.71. The smallest absolute Gasteiger partial charge is 0.323 e. The first-order valence-corrected chi connectivity index (χ1v) is 9.52. The molecule has 0 aliphatic heterocycles. The van der Waals surface area contributed by atoms with Crippen LogP contribution in [-0.2, 0) is 0 Å². The summed E-state index contributed by atoms with van der Waals surface area (Å²) >= 11 is 5.72. The maximum atomic E-state index is 13.2. The van der Waals surface area contributed by atoms with Crippen molar-refractivity contribution in [1.82, 2.24) is 4.98 Å². The highest BCUT2D eigenvalue weighted by atomic mass is 35.5. The third-order valence-electron chi connectivity index (χ3n) is 4.42. The highest BCUT2D eigenvalue weighted by Gasteiger charge is 2.10. The van der Waals surface area contributed by atoms with Gasteiger partial charge in [0, 0.05) is 22.5 Å². The second-order valence-corrected chi connectivity index (χ2v) is 7.10. The summed E-state index contributed by atoms with van der Waals surface area (Å²) in [5.74, 6) is -0.0576. The van der Waals surface area contributed by atoms with Crippen molar-refractivity contribution in [2.45, 2.75) is 6.92 Å². The molecule has 0 saturated carbocycles. The number of halogens is 2. The van der Waals surface area contributed by atoms with Crippen LogP contribution in [0, 0.1) is 12.7 Å². The lowest BCUT2D eigenvalue weighted by molar-refractivity contribution is 0.262. The molecule has 0 radical (unpaired) electrons. The lowest BCUT2D eigenvalue weighted by atomic mass is 10.1. The van der Waals surface area contributed by atoms with Gasteiger partial charge in [-0.15, -0.1) is 0 Å². The molecule has 150 valence electrons. The van der Waals surface area contributed by atoms with Crippen molar-refractivity contribution in [3.8, 4) is 22.7 Å². The fourth-order valence-corrected chi connectivity index (χ4v) is 3.01. The van der Waals surface area contributed by atoms with E-state index in [2.05, 4.69) is 15.6 Å². The Morgan fingerprint density at radius 3 is 2.27 bits per heavy atom. The molecule has 2 amide bonds. The van der Waals surface area contributed by atoms with Gasteiger partial charge in [-0.05, 0) is 49.4 Å². The molecule has 1 heterocycles. The molecule has 4 rings (SSSR count). The summed E-state index contributed by atoms with van der Waals surface area (Å²) in [5.41, 5.74) is 4.66. The second-order valence-electron chi connectivity index (χ2n) is 6.69. The van der Waals surface area contributed by atoms with Crippen LogP contribution >= 0.6 is 11.6 Å². The van der Waals surface area contributed by atoms with Crippen molar-refractivity contribution < 1.29 is 13.6 Å². The van der Waals surface area contributed by atoms with Gasteiger partial charge in [-0.3, -0.25) is 0 Å². The zero-order valence-corrected chi connectivity index (χ0v) is 16.7. The number of aryl methyl sites for hydroxylation is 1. The molecular weight excluding hydrogens is 405 g/mol. The molecule has 0 aliphatic rings. The summed E-state index contributed by atoms with van der Waals surface area (Å²) < 4.78 is 18.8. The zero-order chi connectivity index (χ0) is 21.1. The van der Waals surface area contributed by atoms with Crippen LogP contribution in [0.3, 0.4) is 0 Å². The van der Waals surface area contributed by atoms with Crippen LogP contribution in [-0.4, -0.2) is 11.0 Å². The second kappa shape index (κ2) is 8.39. The number of hydrogen-bond acceptors (Lipinski definition) is 3. The number of nitrogens with one attached hydrogen (secondary N) is 2. The maximum Gasteiger partial charge on any atom is 0.323 e. The summed E-state index contributed by atoms with van der Waals surface area (Å²) in [6, 6.07) is 18.6. The number of oxazole rings is 1. The fraction of sp³-hybridized carbons (Fsp3) is 0.0435. The van der Waals surface area contributed by atoms with E-state index >= 15 is 0 Å². The number of carbonyl (C=O) groups excluding carboxylic acids is 1. The maximum absolute atomic E-state index is 13.2. The van der Waals surface area contributed by atoms with Crippen molar-refractivity contribution in [1.29, 1.82) is 0 Å². The average Bonchev–Trinajstić information content (AvgIpc) is 3.22. The molecule has 5 nitrogen and oxygen atoms in total. The van der Waals surface area contributed by atoms with Gasteiger partial charge in [-0.25, -0.2) is 14.2 Å². The molecule has 2 N–H and O–H groups in total. The number of hydrogen-bond donors (Lipinski definition) is 2. The van der Waals surface area contributed by atoms with Gasteiger partial charge < -0.3 is 15.1 Å². The predicted molar refractivity (Wildman–Crippen MR) is 116 cm³/mol. The Balaban J connectivity index is 1.42. The zero-order valence-electron chi connectivity index (χ0n) is 15.9. The lowest BCUT2D eigenvalue weighted by Gasteiger charge is -2.08. The van der Waals surface area contributed by atoms with Crippen LogP contribution in [0.15, 0.2) is 77.4 Å². The molecule has 30 heavy (non-hydrogen) atoms. The quantitative estimate of drug-likeness (QED) is 0.382. The summed E-state index contributed by atoms with van der Waals surface area (Å²) in [6.07, 6.45) is 1.62. The summed E-state index contributed by atoms with van der Waals surface area (Å²) in [6.45, 7) is 2.03. The minimum Gasteiger partial charge on any atom is -0.444 e. The standard InChI is InChI=1S/C23H17ClFN3O2/c1-14-2-4-15(5-3-14)21-13-30-22(28-21)16-6-8-17(9-7-16)26-23(29)27-18-10-11-20(25)19(24)12-18/h2-13H,1H3,(H2,26,27,29). The van der Waals surface area contributed by atoms with Crippen LogP contribution in [0.1, 0.15) is 5.56 Å². The van der Waals surface area contributed by atoms with Gasteiger partial charge in [-0.1, -0.05) is 41.4 Å². The Hall–Kier alpha value is -3.64. The van der Waals surface area contributed by atoms with Gasteiger partial charge in [-0.2, -0.15) is 0 Å². The first-order chi connectivity index (χ1) is 14.5. The Kier molecular flexibility index (Phi) is 5.50. The van der Waals surface area contributed by atoms with Crippen molar-refractivity contribution in [2.75, 3.05) is 10.6 Å². The van der Waals surface area contributed by atoms with Gasteiger partial charge in [0.1, 0.15) is 17.8 Å². The Morgan fingerprint density at radius 2 is 1.57 bits per heavy atom. The third kappa shape index (κ3) is 4.50. The summed E-state index contributed by atoms with van der Waals surface area (Å²) in [7, 11) is 0. The number of rotatable bonds is 4. The first-order valence-electron chi connectivity index (χ1n) is 9.14. The van der Waals surface area contributed by atoms with Crippen molar-refractivity contribution in [3.05, 3.63) is 89.4 Å². The number of urea groups is 1. The molecule has 0 atom stereocenters. The largest absolute Gasteiger partial charge is 0.444 e. The average molecular weight is 422 g/mol. The van der Waals surface area contributed by atoms with Crippen LogP contribution in [0.25, 0.3) is 22.7 Å². The molecule has 3 aromatic carbocycles. The number of amides is 2. The Labute approximate surface area is 177 Å². The number of benzene rings is 3. The van der Waals surface area contributed by atoms with Crippen LogP contribution in [0.2, 0.25) is 5.02 Å². The molecule has 0 unspecified atom stereocenters. The van der Waals surface area contributed by atoms with Crippen molar-refractivity contribution in [2.24, 2.45) is 0 Å². The molecule has 0 fully saturated rings. The Morgan fingerprint density at radius 1 is 0.933 bits per heavy atom. The number of nitrogens with zero attached hydrogens (tertiary/aromatic N) is 1. The Bertz CT molecular complexity index is 1190. The lowest BCUT2D eigenvalue weighted by Crippen LogP contribution is -2.19. The van der Waals surface area contributed by atoms with E-state index in [9.17, 15) is 9.18 Å².